The molecule has 3 aromatic carbocycles. The Labute approximate surface area is 191 Å². The topological polar surface area (TPSA) is 57.6 Å². The van der Waals surface area contributed by atoms with Crippen LogP contribution < -0.4 is 4.90 Å². The van der Waals surface area contributed by atoms with Gasteiger partial charge in [0.2, 0.25) is 0 Å². The maximum Gasteiger partial charge on any atom is 0.264 e. The summed E-state index contributed by atoms with van der Waals surface area (Å²) in [7, 11) is 0. The van der Waals surface area contributed by atoms with Gasteiger partial charge in [-0.1, -0.05) is 59.1 Å². The van der Waals surface area contributed by atoms with E-state index in [9.17, 15) is 14.7 Å². The third-order valence-electron chi connectivity index (χ3n) is 5.69. The molecule has 1 aliphatic heterocycles. The lowest BCUT2D eigenvalue weighted by molar-refractivity contribution is -0.136. The average molecular weight is 454 g/mol. The quantitative estimate of drug-likeness (QED) is 0.510. The van der Waals surface area contributed by atoms with E-state index in [4.69, 9.17) is 23.2 Å². The molecule has 1 atom stereocenters. The highest BCUT2D eigenvalue weighted by molar-refractivity contribution is 6.31. The van der Waals surface area contributed by atoms with E-state index in [2.05, 4.69) is 0 Å². The number of Topliss-reactive ketones (excluding diaryl/α,β-unsaturated/α-hetero) is 1. The number of anilines is 1. The van der Waals surface area contributed by atoms with Crippen LogP contribution in [0.25, 0.3) is 0 Å². The van der Waals surface area contributed by atoms with Crippen molar-refractivity contribution in [2.45, 2.75) is 32.4 Å². The van der Waals surface area contributed by atoms with Crippen LogP contribution in [0.5, 0.6) is 0 Å². The molecule has 0 saturated heterocycles. The summed E-state index contributed by atoms with van der Waals surface area (Å²) < 4.78 is 0. The molecule has 158 valence electrons. The van der Waals surface area contributed by atoms with Crippen LogP contribution in [-0.2, 0) is 16.9 Å². The zero-order valence-electron chi connectivity index (χ0n) is 17.2. The number of carbonyl (C=O) groups excluding carboxylic acids is 2. The van der Waals surface area contributed by atoms with Crippen molar-refractivity contribution in [2.24, 2.45) is 0 Å². The summed E-state index contributed by atoms with van der Waals surface area (Å²) in [5.41, 5.74) is 1.81. The Morgan fingerprint density at radius 2 is 1.77 bits per heavy atom. The zero-order valence-corrected chi connectivity index (χ0v) is 18.7. The molecule has 0 saturated carbocycles. The molecule has 6 heteroatoms. The summed E-state index contributed by atoms with van der Waals surface area (Å²) in [6.45, 7) is 3.90. The predicted molar refractivity (Wildman–Crippen MR) is 123 cm³/mol. The Morgan fingerprint density at radius 3 is 2.52 bits per heavy atom. The number of halogens is 2. The lowest BCUT2D eigenvalue weighted by Gasteiger charge is -2.23. The first kappa shape index (κ1) is 21.6. The van der Waals surface area contributed by atoms with Gasteiger partial charge in [0.15, 0.2) is 11.4 Å². The van der Waals surface area contributed by atoms with Crippen molar-refractivity contribution in [2.75, 3.05) is 4.90 Å². The Morgan fingerprint density at radius 1 is 1.03 bits per heavy atom. The Balaban J connectivity index is 1.74. The molecule has 0 radical (unpaired) electrons. The summed E-state index contributed by atoms with van der Waals surface area (Å²) >= 11 is 12.5. The first-order chi connectivity index (χ1) is 14.7. The first-order valence-corrected chi connectivity index (χ1v) is 10.6. The molecule has 3 aromatic rings. The number of hydrogen-bond donors (Lipinski definition) is 1. The van der Waals surface area contributed by atoms with Crippen molar-refractivity contribution in [3.8, 4) is 0 Å². The van der Waals surface area contributed by atoms with E-state index in [1.807, 2.05) is 44.2 Å². The fourth-order valence-corrected chi connectivity index (χ4v) is 4.38. The number of fused-ring (bicyclic) bond motifs is 1. The van der Waals surface area contributed by atoms with E-state index >= 15 is 0 Å². The molecule has 4 nitrogen and oxygen atoms in total. The summed E-state index contributed by atoms with van der Waals surface area (Å²) in [6.07, 6.45) is -0.373. The standard InChI is InChI=1S/C25H21Cl2NO3/c1-15-7-8-16(2)19(11-15)23(29)13-25(31)20-12-18(26)9-10-22(20)28(24(25)30)14-17-5-3-4-6-21(17)27/h3-12,31H,13-14H2,1-2H3. The molecule has 0 bridgehead atoms. The number of hydrogen-bond acceptors (Lipinski definition) is 3. The molecule has 1 heterocycles. The largest absolute Gasteiger partial charge is 0.375 e. The monoisotopic (exact) mass is 453 g/mol. The van der Waals surface area contributed by atoms with Crippen LogP contribution in [-0.4, -0.2) is 16.8 Å². The highest BCUT2D eigenvalue weighted by Crippen LogP contribution is 2.45. The number of ketones is 1. The normalized spacial score (nSPS) is 17.7. The smallest absolute Gasteiger partial charge is 0.264 e. The molecule has 1 N–H and O–H groups in total. The van der Waals surface area contributed by atoms with Gasteiger partial charge >= 0.3 is 0 Å². The second kappa shape index (κ2) is 8.12. The van der Waals surface area contributed by atoms with Gasteiger partial charge in [-0.3, -0.25) is 9.59 Å². The van der Waals surface area contributed by atoms with Crippen molar-refractivity contribution in [3.05, 3.63) is 98.5 Å². The Hall–Kier alpha value is -2.66. The highest BCUT2D eigenvalue weighted by atomic mass is 35.5. The molecule has 0 aliphatic carbocycles. The van der Waals surface area contributed by atoms with Crippen LogP contribution in [0.1, 0.15) is 39.0 Å². The van der Waals surface area contributed by atoms with Gasteiger partial charge in [0.25, 0.3) is 5.91 Å². The average Bonchev–Trinajstić information content (AvgIpc) is 2.92. The van der Waals surface area contributed by atoms with Crippen molar-refractivity contribution in [1.29, 1.82) is 0 Å². The second-order valence-corrected chi connectivity index (χ2v) is 8.77. The molecular weight excluding hydrogens is 433 g/mol. The number of aliphatic hydroxyl groups is 1. The molecule has 0 aromatic heterocycles. The number of benzene rings is 3. The third-order valence-corrected chi connectivity index (χ3v) is 6.29. The van der Waals surface area contributed by atoms with Crippen LogP contribution in [0, 0.1) is 13.8 Å². The van der Waals surface area contributed by atoms with E-state index in [1.54, 1.807) is 30.3 Å². The molecule has 31 heavy (non-hydrogen) atoms. The summed E-state index contributed by atoms with van der Waals surface area (Å²) in [5.74, 6) is -0.870. The molecule has 1 aliphatic rings. The molecule has 1 unspecified atom stereocenters. The van der Waals surface area contributed by atoms with E-state index in [-0.39, 0.29) is 18.7 Å². The van der Waals surface area contributed by atoms with E-state index in [0.717, 1.165) is 16.7 Å². The summed E-state index contributed by atoms with van der Waals surface area (Å²) in [6, 6.07) is 17.7. The van der Waals surface area contributed by atoms with E-state index < -0.39 is 11.5 Å². The number of rotatable bonds is 5. The molecule has 0 spiro atoms. The van der Waals surface area contributed by atoms with Gasteiger partial charge in [-0.05, 0) is 55.3 Å². The van der Waals surface area contributed by atoms with Crippen molar-refractivity contribution < 1.29 is 14.7 Å². The van der Waals surface area contributed by atoms with Crippen LogP contribution in [0.2, 0.25) is 10.0 Å². The van der Waals surface area contributed by atoms with Crippen LogP contribution in [0.15, 0.2) is 60.7 Å². The maximum atomic E-state index is 13.5. The molecule has 0 fully saturated rings. The Bertz CT molecular complexity index is 1210. The molecule has 1 amide bonds. The SMILES string of the molecule is Cc1ccc(C)c(C(=O)CC2(O)C(=O)N(Cc3ccccc3Cl)c3ccc(Cl)cc32)c1. The fraction of sp³-hybridized carbons (Fsp3) is 0.200. The minimum Gasteiger partial charge on any atom is -0.375 e. The third kappa shape index (κ3) is 3.87. The van der Waals surface area contributed by atoms with Gasteiger partial charge in [-0.2, -0.15) is 0 Å². The second-order valence-electron chi connectivity index (χ2n) is 7.92. The number of carbonyl (C=O) groups is 2. The van der Waals surface area contributed by atoms with Gasteiger partial charge < -0.3 is 10.0 Å². The molecule has 4 rings (SSSR count). The van der Waals surface area contributed by atoms with E-state index in [0.29, 0.717) is 26.9 Å². The van der Waals surface area contributed by atoms with Crippen LogP contribution in [0.3, 0.4) is 0 Å². The van der Waals surface area contributed by atoms with Gasteiger partial charge in [-0.15, -0.1) is 0 Å². The number of aryl methyl sites for hydroxylation is 2. The summed E-state index contributed by atoms with van der Waals surface area (Å²) in [5, 5.41) is 12.4. The van der Waals surface area contributed by atoms with Crippen molar-refractivity contribution in [3.63, 3.8) is 0 Å². The lowest BCUT2D eigenvalue weighted by Crippen LogP contribution is -2.41. The van der Waals surface area contributed by atoms with Crippen LogP contribution >= 0.6 is 23.2 Å². The molecular formula is C25H21Cl2NO3. The van der Waals surface area contributed by atoms with E-state index in [1.165, 1.54) is 4.90 Å². The van der Waals surface area contributed by atoms with Crippen LogP contribution in [0.4, 0.5) is 5.69 Å². The first-order valence-electron chi connectivity index (χ1n) is 9.89. The van der Waals surface area contributed by atoms with Gasteiger partial charge in [0.05, 0.1) is 18.7 Å². The maximum absolute atomic E-state index is 13.5. The number of nitrogens with zero attached hydrogens (tertiary/aromatic N) is 1. The predicted octanol–water partition coefficient (Wildman–Crippen LogP) is 5.62. The van der Waals surface area contributed by atoms with Crippen molar-refractivity contribution >= 4 is 40.6 Å². The van der Waals surface area contributed by atoms with Gasteiger partial charge in [0.1, 0.15) is 0 Å². The minimum atomic E-state index is -2.01. The van der Waals surface area contributed by atoms with Gasteiger partial charge in [0, 0.05) is 21.2 Å². The zero-order chi connectivity index (χ0) is 22.3. The summed E-state index contributed by atoms with van der Waals surface area (Å²) in [4.78, 5) is 28.1. The Kier molecular flexibility index (Phi) is 5.65. The number of amides is 1. The van der Waals surface area contributed by atoms with Crippen molar-refractivity contribution in [1.82, 2.24) is 0 Å². The lowest BCUT2D eigenvalue weighted by atomic mass is 9.87. The van der Waals surface area contributed by atoms with Gasteiger partial charge in [-0.25, -0.2) is 0 Å². The highest BCUT2D eigenvalue weighted by Gasteiger charge is 2.51. The minimum absolute atomic E-state index is 0.174. The fourth-order valence-electron chi connectivity index (χ4n) is 4.01.